The first kappa shape index (κ1) is 11.4. The van der Waals surface area contributed by atoms with Gasteiger partial charge in [0.1, 0.15) is 0 Å². The van der Waals surface area contributed by atoms with Crippen LogP contribution in [0.5, 0.6) is 0 Å². The predicted molar refractivity (Wildman–Crippen MR) is 29.2 cm³/mol. The van der Waals surface area contributed by atoms with Crippen molar-refractivity contribution in [1.29, 1.82) is 0 Å². The van der Waals surface area contributed by atoms with Crippen molar-refractivity contribution < 1.29 is 12.4 Å². The molecule has 0 aromatic carbocycles. The topological polar surface area (TPSA) is 25.8 Å². The van der Waals surface area contributed by atoms with Gasteiger partial charge in [-0.1, -0.05) is 12.4 Å². The second kappa shape index (κ2) is 5.75. The van der Waals surface area contributed by atoms with Gasteiger partial charge in [0.05, 0.1) is 0 Å². The standard InChI is InChI=1S/C3H3N2S.ClH.Mg/c1-3-4-2-6-5-3;;/h1H3;1H;/q-1;;+2/p-1. The minimum Gasteiger partial charge on any atom is -1.00 e. The summed E-state index contributed by atoms with van der Waals surface area (Å²) in [6, 6.07) is 0. The number of nitrogens with zero attached hydrogens (tertiary/aromatic N) is 2. The average molecular weight is 159 g/mol. The van der Waals surface area contributed by atoms with Crippen molar-refractivity contribution in [2.75, 3.05) is 0 Å². The zero-order valence-corrected chi connectivity index (χ0v) is 7.37. The zero-order valence-electron chi connectivity index (χ0n) is 4.39. The van der Waals surface area contributed by atoms with Crippen LogP contribution >= 0.6 is 11.5 Å². The van der Waals surface area contributed by atoms with E-state index in [2.05, 4.69) is 14.9 Å². The largest absolute Gasteiger partial charge is 2.00 e. The van der Waals surface area contributed by atoms with E-state index in [0.29, 0.717) is 0 Å². The summed E-state index contributed by atoms with van der Waals surface area (Å²) in [5, 5.41) is 0. The summed E-state index contributed by atoms with van der Waals surface area (Å²) in [5.41, 5.74) is 2.61. The van der Waals surface area contributed by atoms with Gasteiger partial charge in [-0.3, -0.25) is 4.37 Å². The molecule has 0 aliphatic rings. The Morgan fingerprint density at radius 2 is 2.25 bits per heavy atom. The molecule has 1 rings (SSSR count). The Balaban J connectivity index is 0. The summed E-state index contributed by atoms with van der Waals surface area (Å²) in [6.45, 7) is 1.84. The fourth-order valence-corrected chi connectivity index (χ4v) is 0.580. The third kappa shape index (κ3) is 3.60. The minimum absolute atomic E-state index is 0. The van der Waals surface area contributed by atoms with E-state index in [1.807, 2.05) is 6.92 Å². The van der Waals surface area contributed by atoms with E-state index >= 15 is 0 Å². The molecule has 0 saturated heterocycles. The molecular weight excluding hydrogens is 156 g/mol. The molecule has 0 unspecified atom stereocenters. The fraction of sp³-hybridized carbons (Fsp3) is 0.333. The van der Waals surface area contributed by atoms with Crippen molar-refractivity contribution in [3.05, 3.63) is 11.3 Å². The smallest absolute Gasteiger partial charge is 1.00 e. The predicted octanol–water partition coefficient (Wildman–Crippen LogP) is -2.73. The third-order valence-electron chi connectivity index (χ3n) is 0.426. The van der Waals surface area contributed by atoms with Crippen LogP contribution in [0.1, 0.15) is 5.82 Å². The van der Waals surface area contributed by atoms with Crippen molar-refractivity contribution >= 4 is 34.6 Å². The van der Waals surface area contributed by atoms with Crippen LogP contribution in [0.3, 0.4) is 0 Å². The normalized spacial score (nSPS) is 6.62. The van der Waals surface area contributed by atoms with Gasteiger partial charge in [-0.05, 0) is 5.82 Å². The Labute approximate surface area is 74.4 Å². The summed E-state index contributed by atoms with van der Waals surface area (Å²) in [7, 11) is 0. The summed E-state index contributed by atoms with van der Waals surface area (Å²) in [5.74, 6) is 0.806. The van der Waals surface area contributed by atoms with Crippen molar-refractivity contribution in [2.24, 2.45) is 0 Å². The quantitative estimate of drug-likeness (QED) is 0.303. The summed E-state index contributed by atoms with van der Waals surface area (Å²) in [6.07, 6.45) is 0. The van der Waals surface area contributed by atoms with Gasteiger partial charge >= 0.3 is 23.1 Å². The van der Waals surface area contributed by atoms with E-state index in [4.69, 9.17) is 0 Å². The molecule has 1 aromatic rings. The summed E-state index contributed by atoms with van der Waals surface area (Å²) < 4.78 is 3.79. The summed E-state index contributed by atoms with van der Waals surface area (Å²) >= 11 is 1.25. The first-order chi connectivity index (χ1) is 2.89. The molecule has 0 fully saturated rings. The number of aromatic nitrogens is 2. The van der Waals surface area contributed by atoms with Crippen LogP contribution in [-0.4, -0.2) is 32.4 Å². The fourth-order valence-electron chi connectivity index (χ4n) is 0.193. The van der Waals surface area contributed by atoms with Gasteiger partial charge in [0.2, 0.25) is 0 Å². The zero-order chi connectivity index (χ0) is 4.41. The van der Waals surface area contributed by atoms with Crippen molar-refractivity contribution in [3.63, 3.8) is 0 Å². The van der Waals surface area contributed by atoms with E-state index in [1.165, 1.54) is 11.5 Å². The molecule has 0 amide bonds. The maximum Gasteiger partial charge on any atom is 2.00 e. The number of hydrogen-bond acceptors (Lipinski definition) is 3. The van der Waals surface area contributed by atoms with E-state index in [-0.39, 0.29) is 35.5 Å². The molecule has 0 atom stereocenters. The van der Waals surface area contributed by atoms with E-state index in [9.17, 15) is 0 Å². The van der Waals surface area contributed by atoms with E-state index in [0.717, 1.165) is 5.82 Å². The Bertz CT molecular complexity index is 121. The molecule has 40 valence electrons. The Morgan fingerprint density at radius 1 is 1.62 bits per heavy atom. The Hall–Kier alpha value is 0.616. The van der Waals surface area contributed by atoms with Crippen LogP contribution in [0.2, 0.25) is 0 Å². The number of rotatable bonds is 0. The first-order valence-corrected chi connectivity index (χ1v) is 2.33. The van der Waals surface area contributed by atoms with E-state index < -0.39 is 0 Å². The van der Waals surface area contributed by atoms with Crippen molar-refractivity contribution in [1.82, 2.24) is 9.36 Å². The summed E-state index contributed by atoms with van der Waals surface area (Å²) in [4.78, 5) is 3.70. The molecule has 0 N–H and O–H groups in total. The van der Waals surface area contributed by atoms with Gasteiger partial charge in [0.15, 0.2) is 0 Å². The van der Waals surface area contributed by atoms with Crippen LogP contribution in [0, 0.1) is 12.4 Å². The molecule has 8 heavy (non-hydrogen) atoms. The molecule has 5 heteroatoms. The minimum atomic E-state index is 0. The third-order valence-corrected chi connectivity index (χ3v) is 0.954. The molecule has 1 heterocycles. The van der Waals surface area contributed by atoms with Gasteiger partial charge < -0.3 is 17.4 Å². The average Bonchev–Trinajstić information content (AvgIpc) is 1.86. The SMILES string of the molecule is Cc1n[c-]sn1.[Cl-].[Mg+2]. The van der Waals surface area contributed by atoms with Crippen LogP contribution in [0.15, 0.2) is 0 Å². The van der Waals surface area contributed by atoms with Crippen LogP contribution in [0.25, 0.3) is 0 Å². The van der Waals surface area contributed by atoms with Crippen LogP contribution in [0.4, 0.5) is 0 Å². The van der Waals surface area contributed by atoms with Gasteiger partial charge in [0.25, 0.3) is 0 Å². The van der Waals surface area contributed by atoms with Crippen molar-refractivity contribution in [2.45, 2.75) is 6.92 Å². The Morgan fingerprint density at radius 3 is 2.38 bits per heavy atom. The molecular formula is C3H3ClMgN2S. The maximum atomic E-state index is 3.79. The molecule has 0 spiro atoms. The molecule has 0 aliphatic heterocycles. The van der Waals surface area contributed by atoms with Gasteiger partial charge in [-0.25, -0.2) is 0 Å². The van der Waals surface area contributed by atoms with Crippen molar-refractivity contribution in [3.8, 4) is 0 Å². The second-order valence-electron chi connectivity index (χ2n) is 0.933. The van der Waals surface area contributed by atoms with Gasteiger partial charge in [0, 0.05) is 0 Å². The Kier molecular flexibility index (Phi) is 8.20. The molecule has 2 nitrogen and oxygen atoms in total. The number of halogens is 1. The van der Waals surface area contributed by atoms with Gasteiger partial charge in [-0.2, -0.15) is 11.5 Å². The monoisotopic (exact) mass is 158 g/mol. The number of hydrogen-bond donors (Lipinski definition) is 0. The van der Waals surface area contributed by atoms with Crippen LogP contribution < -0.4 is 12.4 Å². The number of aryl methyl sites for hydroxylation is 1. The van der Waals surface area contributed by atoms with Crippen LogP contribution in [-0.2, 0) is 0 Å². The first-order valence-electron chi connectivity index (χ1n) is 1.56. The molecule has 0 aliphatic carbocycles. The van der Waals surface area contributed by atoms with Gasteiger partial charge in [-0.15, -0.1) is 0 Å². The molecule has 0 saturated carbocycles. The maximum absolute atomic E-state index is 3.79. The van der Waals surface area contributed by atoms with E-state index in [1.54, 1.807) is 0 Å². The second-order valence-corrected chi connectivity index (χ2v) is 1.48. The molecule has 1 aromatic heterocycles. The molecule has 0 radical (unpaired) electrons. The molecule has 0 bridgehead atoms.